The second-order valence-corrected chi connectivity index (χ2v) is 8.47. The maximum atomic E-state index is 4.97. The first-order valence-corrected chi connectivity index (χ1v) is 10.3. The summed E-state index contributed by atoms with van der Waals surface area (Å²) in [6.07, 6.45) is 9.65. The van der Waals surface area contributed by atoms with Gasteiger partial charge in [-0.3, -0.25) is 9.58 Å². The van der Waals surface area contributed by atoms with E-state index in [1.165, 1.54) is 35.2 Å². The molecule has 0 N–H and O–H groups in total. The highest BCUT2D eigenvalue weighted by Gasteiger charge is 2.41. The number of fused-ring (bicyclic) bond motifs is 6. The quantitative estimate of drug-likeness (QED) is 0.540. The van der Waals surface area contributed by atoms with Crippen LogP contribution in [0.2, 0.25) is 0 Å². The lowest BCUT2D eigenvalue weighted by molar-refractivity contribution is 0.165. The standard InChI is InChI=1S/C23H24N6/c1-15-4-3-5-17(8-15)20-10-23-24-12-19-21-7-6-18(9-22(19)29(23)26-20)28(21)14-16-11-25-27(2)13-16/h3-5,8,10-13,18,21H,6-7,9,14H2,1-2H3. The van der Waals surface area contributed by atoms with Crippen molar-refractivity contribution in [3.05, 3.63) is 71.3 Å². The van der Waals surface area contributed by atoms with Crippen LogP contribution in [0.4, 0.5) is 0 Å². The minimum absolute atomic E-state index is 0.424. The monoisotopic (exact) mass is 384 g/mol. The molecule has 2 aliphatic heterocycles. The van der Waals surface area contributed by atoms with E-state index in [0.29, 0.717) is 12.1 Å². The Bertz CT molecular complexity index is 1220. The average molecular weight is 384 g/mol. The fourth-order valence-electron chi connectivity index (χ4n) is 5.14. The van der Waals surface area contributed by atoms with E-state index in [1.807, 2.05) is 17.9 Å². The second kappa shape index (κ2) is 6.26. The van der Waals surface area contributed by atoms with Crippen molar-refractivity contribution >= 4 is 5.65 Å². The van der Waals surface area contributed by atoms with E-state index >= 15 is 0 Å². The third kappa shape index (κ3) is 2.70. The molecule has 146 valence electrons. The van der Waals surface area contributed by atoms with Gasteiger partial charge in [-0.1, -0.05) is 23.8 Å². The molecule has 1 aromatic carbocycles. The Morgan fingerprint density at radius 2 is 2.07 bits per heavy atom. The summed E-state index contributed by atoms with van der Waals surface area (Å²) >= 11 is 0. The van der Waals surface area contributed by atoms with Gasteiger partial charge < -0.3 is 0 Å². The summed E-state index contributed by atoms with van der Waals surface area (Å²) in [4.78, 5) is 7.42. The molecule has 2 unspecified atom stereocenters. The van der Waals surface area contributed by atoms with Crippen LogP contribution in [-0.4, -0.2) is 35.3 Å². The molecule has 2 aliphatic rings. The van der Waals surface area contributed by atoms with Gasteiger partial charge in [-0.2, -0.15) is 10.2 Å². The van der Waals surface area contributed by atoms with Gasteiger partial charge in [-0.25, -0.2) is 9.50 Å². The Kier molecular flexibility index (Phi) is 3.65. The molecular formula is C23H24N6. The number of nitrogens with zero attached hydrogens (tertiary/aromatic N) is 6. The molecule has 0 aliphatic carbocycles. The average Bonchev–Trinajstić information content (AvgIpc) is 3.39. The predicted octanol–water partition coefficient (Wildman–Crippen LogP) is 3.70. The smallest absolute Gasteiger partial charge is 0.155 e. The lowest BCUT2D eigenvalue weighted by Crippen LogP contribution is -2.38. The number of aromatic nitrogens is 5. The van der Waals surface area contributed by atoms with E-state index in [4.69, 9.17) is 10.1 Å². The van der Waals surface area contributed by atoms with E-state index in [-0.39, 0.29) is 0 Å². The van der Waals surface area contributed by atoms with E-state index in [1.54, 1.807) is 0 Å². The van der Waals surface area contributed by atoms with Gasteiger partial charge in [0.25, 0.3) is 0 Å². The molecule has 1 fully saturated rings. The number of aryl methyl sites for hydroxylation is 2. The Morgan fingerprint density at radius 3 is 2.90 bits per heavy atom. The number of hydrogen-bond donors (Lipinski definition) is 0. The largest absolute Gasteiger partial charge is 0.289 e. The van der Waals surface area contributed by atoms with Crippen LogP contribution in [0.1, 0.15) is 41.3 Å². The fraction of sp³-hybridized carbons (Fsp3) is 0.348. The van der Waals surface area contributed by atoms with Crippen LogP contribution in [0.5, 0.6) is 0 Å². The molecule has 29 heavy (non-hydrogen) atoms. The zero-order valence-corrected chi connectivity index (χ0v) is 16.8. The zero-order valence-electron chi connectivity index (χ0n) is 16.8. The van der Waals surface area contributed by atoms with Crippen LogP contribution in [0.15, 0.2) is 48.9 Å². The van der Waals surface area contributed by atoms with E-state index in [0.717, 1.165) is 29.9 Å². The fourth-order valence-corrected chi connectivity index (χ4v) is 5.14. The zero-order chi connectivity index (χ0) is 19.5. The van der Waals surface area contributed by atoms with Gasteiger partial charge in [0.15, 0.2) is 5.65 Å². The predicted molar refractivity (Wildman–Crippen MR) is 111 cm³/mol. The third-order valence-electron chi connectivity index (χ3n) is 6.48. The lowest BCUT2D eigenvalue weighted by Gasteiger charge is -2.35. The minimum atomic E-state index is 0.424. The molecule has 2 bridgehead atoms. The van der Waals surface area contributed by atoms with Gasteiger partial charge >= 0.3 is 0 Å². The molecule has 0 spiro atoms. The summed E-state index contributed by atoms with van der Waals surface area (Å²) in [5.74, 6) is 0. The topological polar surface area (TPSA) is 51.2 Å². The Morgan fingerprint density at radius 1 is 1.14 bits per heavy atom. The first-order valence-electron chi connectivity index (χ1n) is 10.3. The second-order valence-electron chi connectivity index (χ2n) is 8.47. The van der Waals surface area contributed by atoms with Crippen molar-refractivity contribution in [2.75, 3.05) is 0 Å². The van der Waals surface area contributed by atoms with Gasteiger partial charge in [0, 0.05) is 67.2 Å². The van der Waals surface area contributed by atoms with Crippen molar-refractivity contribution in [2.45, 2.75) is 44.8 Å². The molecule has 0 radical (unpaired) electrons. The van der Waals surface area contributed by atoms with Gasteiger partial charge in [0.05, 0.1) is 17.6 Å². The van der Waals surface area contributed by atoms with Crippen molar-refractivity contribution in [1.29, 1.82) is 0 Å². The summed E-state index contributed by atoms with van der Waals surface area (Å²) in [5, 5.41) is 9.31. The van der Waals surface area contributed by atoms with E-state index in [2.05, 4.69) is 64.2 Å². The van der Waals surface area contributed by atoms with E-state index in [9.17, 15) is 0 Å². The molecular weight excluding hydrogens is 360 g/mol. The minimum Gasteiger partial charge on any atom is -0.289 e. The van der Waals surface area contributed by atoms with Gasteiger partial charge in [-0.05, 0) is 25.8 Å². The van der Waals surface area contributed by atoms with Crippen LogP contribution in [0.25, 0.3) is 16.9 Å². The Balaban J connectivity index is 1.40. The highest BCUT2D eigenvalue weighted by molar-refractivity contribution is 5.65. The molecule has 2 atom stereocenters. The summed E-state index contributed by atoms with van der Waals surface area (Å²) < 4.78 is 3.98. The normalized spacial score (nSPS) is 21.0. The number of benzene rings is 1. The molecule has 0 saturated carbocycles. The first-order chi connectivity index (χ1) is 14.2. The summed E-state index contributed by atoms with van der Waals surface area (Å²) in [6, 6.07) is 11.6. The summed E-state index contributed by atoms with van der Waals surface area (Å²) in [6.45, 7) is 3.07. The highest BCUT2D eigenvalue weighted by atomic mass is 15.3. The van der Waals surface area contributed by atoms with Crippen molar-refractivity contribution in [3.63, 3.8) is 0 Å². The number of hydrogen-bond acceptors (Lipinski definition) is 4. The van der Waals surface area contributed by atoms with Crippen LogP contribution in [0, 0.1) is 6.92 Å². The van der Waals surface area contributed by atoms with Crippen LogP contribution < -0.4 is 0 Å². The first kappa shape index (κ1) is 16.9. The van der Waals surface area contributed by atoms with Crippen molar-refractivity contribution in [2.24, 2.45) is 7.05 Å². The molecule has 4 aromatic rings. The molecule has 5 heterocycles. The Hall–Kier alpha value is -2.99. The third-order valence-corrected chi connectivity index (χ3v) is 6.48. The van der Waals surface area contributed by atoms with Gasteiger partial charge in [0.1, 0.15) is 0 Å². The highest BCUT2D eigenvalue weighted by Crippen LogP contribution is 2.44. The maximum absolute atomic E-state index is 4.97. The van der Waals surface area contributed by atoms with Crippen LogP contribution >= 0.6 is 0 Å². The number of rotatable bonds is 3. The lowest BCUT2D eigenvalue weighted by atomic mass is 9.98. The van der Waals surface area contributed by atoms with Gasteiger partial charge in [0.2, 0.25) is 0 Å². The molecule has 6 nitrogen and oxygen atoms in total. The molecule has 3 aromatic heterocycles. The van der Waals surface area contributed by atoms with Crippen LogP contribution in [-0.2, 0) is 20.0 Å². The maximum Gasteiger partial charge on any atom is 0.155 e. The molecule has 6 heteroatoms. The van der Waals surface area contributed by atoms with Crippen molar-refractivity contribution < 1.29 is 0 Å². The molecule has 1 saturated heterocycles. The van der Waals surface area contributed by atoms with Crippen molar-refractivity contribution in [3.8, 4) is 11.3 Å². The van der Waals surface area contributed by atoms with E-state index < -0.39 is 0 Å². The van der Waals surface area contributed by atoms with Gasteiger partial charge in [-0.15, -0.1) is 0 Å². The van der Waals surface area contributed by atoms with Crippen molar-refractivity contribution in [1.82, 2.24) is 29.3 Å². The Labute approximate surface area is 169 Å². The summed E-state index contributed by atoms with van der Waals surface area (Å²) in [5.41, 5.74) is 8.31. The summed E-state index contributed by atoms with van der Waals surface area (Å²) in [7, 11) is 1.98. The molecule has 0 amide bonds. The SMILES string of the molecule is Cc1cccc(-c2cc3ncc4c(n3n2)CC2CCC4N2Cc2cnn(C)c2)c1. The van der Waals surface area contributed by atoms with Crippen LogP contribution in [0.3, 0.4) is 0 Å². The molecule has 6 rings (SSSR count).